The van der Waals surface area contributed by atoms with Gasteiger partial charge in [-0.1, -0.05) is 6.08 Å². The van der Waals surface area contributed by atoms with Crippen molar-refractivity contribution in [3.05, 3.63) is 23.3 Å². The fourth-order valence-corrected chi connectivity index (χ4v) is 2.67. The minimum atomic E-state index is 0.702. The van der Waals surface area contributed by atoms with Crippen LogP contribution in [0.1, 0.15) is 25.1 Å². The van der Waals surface area contributed by atoms with Gasteiger partial charge in [0.15, 0.2) is 4.77 Å². The van der Waals surface area contributed by atoms with Gasteiger partial charge in [0.1, 0.15) is 5.82 Å². The monoisotopic (exact) mass is 253 g/mol. The lowest BCUT2D eigenvalue weighted by Gasteiger charge is -2.23. The molecule has 1 aliphatic rings. The van der Waals surface area contributed by atoms with Crippen molar-refractivity contribution in [1.82, 2.24) is 14.8 Å². The molecule has 0 aliphatic carbocycles. The van der Waals surface area contributed by atoms with Gasteiger partial charge in [-0.2, -0.15) is 5.10 Å². The highest BCUT2D eigenvalue weighted by Gasteiger charge is 2.14. The van der Waals surface area contributed by atoms with E-state index in [2.05, 4.69) is 16.8 Å². The molecule has 2 N–H and O–H groups in total. The van der Waals surface area contributed by atoms with E-state index in [1.165, 1.54) is 32.4 Å². The number of nitrogens with zero attached hydrogens (tertiary/aromatic N) is 2. The molecule has 0 radical (unpaired) electrons. The van der Waals surface area contributed by atoms with Crippen LogP contribution in [0.5, 0.6) is 0 Å². The fraction of sp³-hybridized carbons (Fsp3) is 0.667. The molecule has 4 nitrogen and oxygen atoms in total. The van der Waals surface area contributed by atoms with E-state index in [0.717, 1.165) is 25.3 Å². The number of allylic oxidation sites excluding steroid dienone is 1. The van der Waals surface area contributed by atoms with Crippen LogP contribution in [0.2, 0.25) is 0 Å². The van der Waals surface area contributed by atoms with Gasteiger partial charge in [-0.3, -0.25) is 5.10 Å². The summed E-state index contributed by atoms with van der Waals surface area (Å²) in [7, 11) is 0. The Hall–Kier alpha value is -0.940. The normalized spacial score (nSPS) is 17.2. The summed E-state index contributed by atoms with van der Waals surface area (Å²) < 4.78 is 2.74. The Balaban J connectivity index is 1.93. The summed E-state index contributed by atoms with van der Waals surface area (Å²) in [5.41, 5.74) is 0. The number of piperidine rings is 1. The van der Waals surface area contributed by atoms with Crippen LogP contribution in [0.25, 0.3) is 0 Å². The number of aromatic amines is 1. The third-order valence-electron chi connectivity index (χ3n) is 3.41. The molecule has 1 aliphatic heterocycles. The van der Waals surface area contributed by atoms with Gasteiger partial charge in [-0.25, -0.2) is 0 Å². The number of hydrogen-bond donors (Lipinski definition) is 2. The Morgan fingerprint density at radius 1 is 1.41 bits per heavy atom. The molecule has 0 unspecified atom stereocenters. The van der Waals surface area contributed by atoms with E-state index in [9.17, 15) is 0 Å². The van der Waals surface area contributed by atoms with Gasteiger partial charge in [0.25, 0.3) is 0 Å². The molecule has 1 aromatic rings. The zero-order chi connectivity index (χ0) is 12.1. The highest BCUT2D eigenvalue weighted by atomic mass is 32.1. The van der Waals surface area contributed by atoms with E-state index in [1.54, 1.807) is 4.90 Å². The first-order valence-corrected chi connectivity index (χ1v) is 6.80. The predicted octanol–water partition coefficient (Wildman–Crippen LogP) is 0.738. The first-order valence-electron chi connectivity index (χ1n) is 6.40. The Kier molecular flexibility index (Phi) is 4.50. The molecule has 0 atom stereocenters. The van der Waals surface area contributed by atoms with Crippen LogP contribution >= 0.6 is 12.2 Å². The van der Waals surface area contributed by atoms with Crippen LogP contribution in [0, 0.1) is 4.77 Å². The lowest BCUT2D eigenvalue weighted by Crippen LogP contribution is -3.13. The SMILES string of the molecule is C=CCn1c(CC[NH+]2CCCCC2)n[nH]c1=S. The van der Waals surface area contributed by atoms with Crippen molar-refractivity contribution in [2.45, 2.75) is 32.2 Å². The second-order valence-corrected chi connectivity index (χ2v) is 5.04. The molecular weight excluding hydrogens is 232 g/mol. The van der Waals surface area contributed by atoms with Crippen molar-refractivity contribution >= 4 is 12.2 Å². The molecular formula is C12H21N4S+. The summed E-state index contributed by atoms with van der Waals surface area (Å²) in [6.45, 7) is 8.29. The minimum Gasteiger partial charge on any atom is -0.335 e. The molecule has 1 fully saturated rings. The highest BCUT2D eigenvalue weighted by Crippen LogP contribution is 1.99. The molecule has 17 heavy (non-hydrogen) atoms. The molecule has 0 spiro atoms. The summed E-state index contributed by atoms with van der Waals surface area (Å²) in [5.74, 6) is 1.06. The summed E-state index contributed by atoms with van der Waals surface area (Å²) in [5, 5.41) is 7.17. The molecule has 1 saturated heterocycles. The number of quaternary nitrogens is 1. The van der Waals surface area contributed by atoms with Gasteiger partial charge in [0.2, 0.25) is 0 Å². The maximum atomic E-state index is 5.20. The minimum absolute atomic E-state index is 0.702. The Bertz CT molecular complexity index is 414. The molecule has 0 bridgehead atoms. The van der Waals surface area contributed by atoms with Crippen molar-refractivity contribution in [3.63, 3.8) is 0 Å². The molecule has 2 heterocycles. The van der Waals surface area contributed by atoms with Gasteiger partial charge >= 0.3 is 0 Å². The van der Waals surface area contributed by atoms with Crippen molar-refractivity contribution in [2.75, 3.05) is 19.6 Å². The van der Waals surface area contributed by atoms with E-state index in [-0.39, 0.29) is 0 Å². The maximum absolute atomic E-state index is 5.20. The summed E-state index contributed by atoms with van der Waals surface area (Å²) in [6.07, 6.45) is 7.00. The summed E-state index contributed by atoms with van der Waals surface area (Å²) >= 11 is 5.20. The molecule has 5 heteroatoms. The van der Waals surface area contributed by atoms with Crippen molar-refractivity contribution in [2.24, 2.45) is 0 Å². The van der Waals surface area contributed by atoms with E-state index in [1.807, 2.05) is 10.6 Å². The van der Waals surface area contributed by atoms with Crippen molar-refractivity contribution < 1.29 is 4.90 Å². The first-order chi connectivity index (χ1) is 8.31. The van der Waals surface area contributed by atoms with E-state index < -0.39 is 0 Å². The van der Waals surface area contributed by atoms with Gasteiger partial charge in [-0.15, -0.1) is 6.58 Å². The van der Waals surface area contributed by atoms with Gasteiger partial charge in [-0.05, 0) is 31.5 Å². The average Bonchev–Trinajstić information content (AvgIpc) is 2.70. The van der Waals surface area contributed by atoms with Gasteiger partial charge < -0.3 is 9.47 Å². The number of H-pyrrole nitrogens is 1. The van der Waals surface area contributed by atoms with Crippen molar-refractivity contribution in [3.8, 4) is 0 Å². The number of hydrogen-bond acceptors (Lipinski definition) is 2. The third-order valence-corrected chi connectivity index (χ3v) is 3.72. The topological polar surface area (TPSA) is 38.0 Å². The zero-order valence-corrected chi connectivity index (χ0v) is 11.1. The quantitative estimate of drug-likeness (QED) is 0.600. The largest absolute Gasteiger partial charge is 0.335 e. The van der Waals surface area contributed by atoms with Crippen LogP contribution in [0.3, 0.4) is 0 Å². The molecule has 94 valence electrons. The zero-order valence-electron chi connectivity index (χ0n) is 10.2. The highest BCUT2D eigenvalue weighted by molar-refractivity contribution is 7.71. The summed E-state index contributed by atoms with van der Waals surface area (Å²) in [4.78, 5) is 1.70. The third kappa shape index (κ3) is 3.26. The predicted molar refractivity (Wildman–Crippen MR) is 70.7 cm³/mol. The van der Waals surface area contributed by atoms with Crippen LogP contribution in [0.15, 0.2) is 12.7 Å². The molecule has 1 aromatic heterocycles. The molecule has 0 amide bonds. The lowest BCUT2D eigenvalue weighted by atomic mass is 10.1. The number of aromatic nitrogens is 3. The number of rotatable bonds is 5. The second kappa shape index (κ2) is 6.12. The average molecular weight is 253 g/mol. The Labute approximate surface area is 107 Å². The standard InChI is InChI=1S/C12H20N4S/c1-2-7-16-11(13-14-12(16)17)6-10-15-8-4-3-5-9-15/h2H,1,3-10H2,(H,14,17)/p+1. The maximum Gasteiger partial charge on any atom is 0.195 e. The number of nitrogens with one attached hydrogen (secondary N) is 2. The fourth-order valence-electron chi connectivity index (χ4n) is 2.45. The van der Waals surface area contributed by atoms with Crippen molar-refractivity contribution in [1.29, 1.82) is 0 Å². The second-order valence-electron chi connectivity index (χ2n) is 4.65. The lowest BCUT2D eigenvalue weighted by molar-refractivity contribution is -0.904. The molecule has 0 aromatic carbocycles. The molecule has 2 rings (SSSR count). The Morgan fingerprint density at radius 2 is 2.18 bits per heavy atom. The van der Waals surface area contributed by atoms with Crippen LogP contribution in [-0.4, -0.2) is 34.4 Å². The number of likely N-dealkylation sites (tertiary alicyclic amines) is 1. The van der Waals surface area contributed by atoms with E-state index in [4.69, 9.17) is 12.2 Å². The van der Waals surface area contributed by atoms with E-state index in [0.29, 0.717) is 4.77 Å². The van der Waals surface area contributed by atoms with Crippen LogP contribution in [0.4, 0.5) is 0 Å². The smallest absolute Gasteiger partial charge is 0.195 e. The van der Waals surface area contributed by atoms with Crippen LogP contribution < -0.4 is 4.90 Å². The summed E-state index contributed by atoms with van der Waals surface area (Å²) in [6, 6.07) is 0. The van der Waals surface area contributed by atoms with Gasteiger partial charge in [0, 0.05) is 6.54 Å². The Morgan fingerprint density at radius 3 is 2.88 bits per heavy atom. The first kappa shape index (κ1) is 12.5. The van der Waals surface area contributed by atoms with E-state index >= 15 is 0 Å². The molecule has 0 saturated carbocycles. The van der Waals surface area contributed by atoms with Gasteiger partial charge in [0.05, 0.1) is 26.1 Å². The van der Waals surface area contributed by atoms with Crippen LogP contribution in [-0.2, 0) is 13.0 Å².